The molecule has 0 aliphatic rings. The van der Waals surface area contributed by atoms with Gasteiger partial charge in [0.05, 0.1) is 11.8 Å². The van der Waals surface area contributed by atoms with Crippen molar-refractivity contribution in [3.8, 4) is 5.75 Å². The highest BCUT2D eigenvalue weighted by Crippen LogP contribution is 2.18. The molecule has 0 radical (unpaired) electrons. The van der Waals surface area contributed by atoms with Crippen LogP contribution in [-0.4, -0.2) is 32.6 Å². The molecular formula is C20H17N5O5. The van der Waals surface area contributed by atoms with Crippen molar-refractivity contribution in [2.45, 2.75) is 13.5 Å². The Kier molecular flexibility index (Phi) is 6.28. The standard InChI is InChI=1S/C20H17N5O5/c1-14-21-12-19(25(28)29)24(14)13-18(26)23-22-11-16-9-5-6-10-17(16)30-20(27)15-7-3-2-4-8-15/h2-12H,13H2,1H3,(H,23,26)/b22-11-. The second kappa shape index (κ2) is 9.24. The number of amides is 1. The Morgan fingerprint density at radius 2 is 1.90 bits per heavy atom. The van der Waals surface area contributed by atoms with Crippen molar-refractivity contribution in [3.05, 3.63) is 87.9 Å². The van der Waals surface area contributed by atoms with E-state index in [1.54, 1.807) is 61.5 Å². The van der Waals surface area contributed by atoms with Gasteiger partial charge in [-0.05, 0) is 29.2 Å². The largest absolute Gasteiger partial charge is 0.422 e. The van der Waals surface area contributed by atoms with Crippen LogP contribution in [0.15, 0.2) is 65.9 Å². The van der Waals surface area contributed by atoms with Crippen LogP contribution in [0.1, 0.15) is 21.7 Å². The number of nitrogens with one attached hydrogen (secondary N) is 1. The lowest BCUT2D eigenvalue weighted by Crippen LogP contribution is -2.24. The Balaban J connectivity index is 1.66. The van der Waals surface area contributed by atoms with Crippen LogP contribution in [0.3, 0.4) is 0 Å². The molecule has 1 N–H and O–H groups in total. The number of ether oxygens (including phenoxy) is 1. The number of imidazole rings is 1. The highest BCUT2D eigenvalue weighted by molar-refractivity contribution is 5.93. The van der Waals surface area contributed by atoms with Crippen LogP contribution in [0.25, 0.3) is 0 Å². The maximum Gasteiger partial charge on any atom is 0.343 e. The monoisotopic (exact) mass is 407 g/mol. The summed E-state index contributed by atoms with van der Waals surface area (Å²) in [5.41, 5.74) is 3.16. The van der Waals surface area contributed by atoms with Crippen molar-refractivity contribution in [2.75, 3.05) is 0 Å². The van der Waals surface area contributed by atoms with Gasteiger partial charge in [0, 0.05) is 12.5 Å². The van der Waals surface area contributed by atoms with Crippen LogP contribution in [0.5, 0.6) is 5.75 Å². The van der Waals surface area contributed by atoms with Crippen molar-refractivity contribution in [1.82, 2.24) is 15.0 Å². The Labute approximate surface area is 171 Å². The smallest absolute Gasteiger partial charge is 0.343 e. The average Bonchev–Trinajstić information content (AvgIpc) is 3.10. The van der Waals surface area contributed by atoms with Gasteiger partial charge >= 0.3 is 11.8 Å². The van der Waals surface area contributed by atoms with Crippen molar-refractivity contribution >= 4 is 23.9 Å². The summed E-state index contributed by atoms with van der Waals surface area (Å²) in [6.45, 7) is 1.24. The van der Waals surface area contributed by atoms with E-state index in [0.717, 1.165) is 6.20 Å². The van der Waals surface area contributed by atoms with Gasteiger partial charge in [-0.1, -0.05) is 30.3 Å². The van der Waals surface area contributed by atoms with E-state index in [1.807, 2.05) is 0 Å². The zero-order valence-electron chi connectivity index (χ0n) is 15.9. The number of hydrogen-bond donors (Lipinski definition) is 1. The first-order chi connectivity index (χ1) is 14.5. The summed E-state index contributed by atoms with van der Waals surface area (Å²) < 4.78 is 6.57. The molecule has 0 unspecified atom stereocenters. The predicted molar refractivity (Wildman–Crippen MR) is 107 cm³/mol. The fraction of sp³-hybridized carbons (Fsp3) is 0.100. The van der Waals surface area contributed by atoms with Gasteiger partial charge in [-0.3, -0.25) is 4.79 Å². The van der Waals surface area contributed by atoms with Gasteiger partial charge in [0.25, 0.3) is 5.91 Å². The molecule has 0 aliphatic heterocycles. The van der Waals surface area contributed by atoms with Crippen molar-refractivity contribution < 1.29 is 19.2 Å². The molecule has 2 aromatic carbocycles. The molecule has 0 saturated heterocycles. The molecule has 0 atom stereocenters. The third-order valence-corrected chi connectivity index (χ3v) is 4.05. The number of hydrazone groups is 1. The Morgan fingerprint density at radius 1 is 1.20 bits per heavy atom. The number of carbonyl (C=O) groups is 2. The number of rotatable bonds is 7. The van der Waals surface area contributed by atoms with Crippen molar-refractivity contribution in [1.29, 1.82) is 0 Å². The summed E-state index contributed by atoms with van der Waals surface area (Å²) in [7, 11) is 0. The summed E-state index contributed by atoms with van der Waals surface area (Å²) in [6, 6.07) is 15.2. The number of nitrogens with zero attached hydrogens (tertiary/aromatic N) is 4. The fourth-order valence-electron chi connectivity index (χ4n) is 2.56. The van der Waals surface area contributed by atoms with Crippen LogP contribution >= 0.6 is 0 Å². The van der Waals surface area contributed by atoms with E-state index in [2.05, 4.69) is 15.5 Å². The summed E-state index contributed by atoms with van der Waals surface area (Å²) in [4.78, 5) is 38.5. The van der Waals surface area contributed by atoms with Crippen molar-refractivity contribution in [2.24, 2.45) is 5.10 Å². The first-order valence-electron chi connectivity index (χ1n) is 8.80. The molecule has 1 aromatic heterocycles. The first-order valence-corrected chi connectivity index (χ1v) is 8.80. The van der Waals surface area contributed by atoms with Gasteiger partial charge in [0.1, 0.15) is 11.9 Å². The Morgan fingerprint density at radius 3 is 2.63 bits per heavy atom. The molecule has 0 spiro atoms. The van der Waals surface area contributed by atoms with E-state index in [4.69, 9.17) is 4.74 Å². The third kappa shape index (κ3) is 4.93. The molecule has 0 fully saturated rings. The van der Waals surface area contributed by atoms with E-state index in [-0.39, 0.29) is 18.1 Å². The first kappa shape index (κ1) is 20.4. The molecule has 152 valence electrons. The maximum absolute atomic E-state index is 12.2. The van der Waals surface area contributed by atoms with Crippen LogP contribution in [0.4, 0.5) is 5.82 Å². The molecule has 10 heteroatoms. The Hall–Kier alpha value is -4.34. The molecule has 0 bridgehead atoms. The third-order valence-electron chi connectivity index (χ3n) is 4.05. The lowest BCUT2D eigenvalue weighted by molar-refractivity contribution is -0.392. The summed E-state index contributed by atoms with van der Waals surface area (Å²) >= 11 is 0. The van der Waals surface area contributed by atoms with E-state index in [9.17, 15) is 19.7 Å². The van der Waals surface area contributed by atoms with Gasteiger partial charge in [-0.15, -0.1) is 0 Å². The van der Waals surface area contributed by atoms with Crippen LogP contribution in [0, 0.1) is 17.0 Å². The second-order valence-corrected chi connectivity index (χ2v) is 6.09. The minimum Gasteiger partial charge on any atom is -0.422 e. The van der Waals surface area contributed by atoms with E-state index >= 15 is 0 Å². The molecule has 1 amide bonds. The average molecular weight is 407 g/mol. The molecule has 0 aliphatic carbocycles. The number of hydrogen-bond acceptors (Lipinski definition) is 7. The minimum atomic E-state index is -0.617. The minimum absolute atomic E-state index is 0.269. The van der Waals surface area contributed by atoms with Crippen molar-refractivity contribution in [3.63, 3.8) is 0 Å². The summed E-state index contributed by atoms with van der Waals surface area (Å²) in [5.74, 6) is -0.785. The highest BCUT2D eigenvalue weighted by atomic mass is 16.6. The maximum atomic E-state index is 12.2. The topological polar surface area (TPSA) is 129 Å². The number of nitro groups is 1. The van der Waals surface area contributed by atoms with E-state index in [1.165, 1.54) is 10.8 Å². The molecule has 3 rings (SSSR count). The molecule has 3 aromatic rings. The van der Waals surface area contributed by atoms with Crippen LogP contribution < -0.4 is 10.2 Å². The zero-order valence-corrected chi connectivity index (χ0v) is 15.9. The number of para-hydroxylation sites is 1. The number of esters is 1. The fourth-order valence-corrected chi connectivity index (χ4v) is 2.56. The lowest BCUT2D eigenvalue weighted by Gasteiger charge is -2.07. The van der Waals surface area contributed by atoms with Gasteiger partial charge in [-0.2, -0.15) is 5.10 Å². The molecule has 30 heavy (non-hydrogen) atoms. The summed E-state index contributed by atoms with van der Waals surface area (Å²) in [5, 5.41) is 14.8. The predicted octanol–water partition coefficient (Wildman–Crippen LogP) is 2.47. The zero-order chi connectivity index (χ0) is 21.5. The molecule has 1 heterocycles. The van der Waals surface area contributed by atoms with Crippen LogP contribution in [-0.2, 0) is 11.3 Å². The quantitative estimate of drug-likeness (QED) is 0.211. The molecule has 10 nitrogen and oxygen atoms in total. The van der Waals surface area contributed by atoms with Gasteiger partial charge in [0.15, 0.2) is 12.4 Å². The molecule has 0 saturated carbocycles. The molecular weight excluding hydrogens is 390 g/mol. The van der Waals surface area contributed by atoms with Gasteiger partial charge < -0.3 is 14.9 Å². The normalized spacial score (nSPS) is 10.7. The number of aryl methyl sites for hydroxylation is 1. The van der Waals surface area contributed by atoms with Crippen LogP contribution in [0.2, 0.25) is 0 Å². The van der Waals surface area contributed by atoms with E-state index < -0.39 is 16.8 Å². The summed E-state index contributed by atoms with van der Waals surface area (Å²) in [6.07, 6.45) is 2.41. The SMILES string of the molecule is Cc1ncc([N+](=O)[O-])n1CC(=O)N/N=C\c1ccccc1OC(=O)c1ccccc1. The number of benzene rings is 2. The number of aromatic nitrogens is 2. The van der Waals surface area contributed by atoms with E-state index in [0.29, 0.717) is 17.0 Å². The van der Waals surface area contributed by atoms with Gasteiger partial charge in [0.2, 0.25) is 0 Å². The number of carbonyl (C=O) groups excluding carboxylic acids is 2. The highest BCUT2D eigenvalue weighted by Gasteiger charge is 2.20. The lowest BCUT2D eigenvalue weighted by atomic mass is 10.2. The second-order valence-electron chi connectivity index (χ2n) is 6.09. The Bertz CT molecular complexity index is 1110. The van der Waals surface area contributed by atoms with Gasteiger partial charge in [-0.25, -0.2) is 19.8 Å².